The van der Waals surface area contributed by atoms with Gasteiger partial charge in [-0.2, -0.15) is 0 Å². The number of ketones is 2. The maximum atomic E-state index is 14.0. The fraction of sp³-hybridized carbons (Fsp3) is 0.640. The Kier molecular flexibility index (Phi) is 9.04. The summed E-state index contributed by atoms with van der Waals surface area (Å²) in [5.41, 5.74) is 0.492. The van der Waals surface area contributed by atoms with Crippen molar-refractivity contribution < 1.29 is 43.3 Å². The molecule has 0 aliphatic carbocycles. The lowest BCUT2D eigenvalue weighted by Crippen LogP contribution is -2.63. The zero-order chi connectivity index (χ0) is 29.2. The Labute approximate surface area is 227 Å². The van der Waals surface area contributed by atoms with Gasteiger partial charge in [0.15, 0.2) is 17.1 Å². The summed E-state index contributed by atoms with van der Waals surface area (Å²) in [6, 6.07) is -0.397. The summed E-state index contributed by atoms with van der Waals surface area (Å²) < 4.78 is 10.5. The second kappa shape index (κ2) is 11.6. The SMILES string of the molecule is CC[C@H](NC(=O)OC1CCOC1)[Si](O)(O)C[C@]1(CC)NC=C([C@]2(CC(C)C)N=CC(=C(O)C(N)=O)C2=O)C1=O. The van der Waals surface area contributed by atoms with E-state index < -0.39 is 66.8 Å². The number of aliphatic hydroxyl groups is 1. The lowest BCUT2D eigenvalue weighted by Gasteiger charge is -2.37. The minimum Gasteiger partial charge on any atom is -0.502 e. The number of rotatable bonds is 11. The van der Waals surface area contributed by atoms with Crippen molar-refractivity contribution in [1.82, 2.24) is 10.6 Å². The molecular weight excluding hydrogens is 528 g/mol. The van der Waals surface area contributed by atoms with Gasteiger partial charge in [0.1, 0.15) is 11.6 Å². The number of primary amides is 1. The van der Waals surface area contributed by atoms with E-state index in [2.05, 4.69) is 15.6 Å². The normalized spacial score (nSPS) is 28.9. The Morgan fingerprint density at radius 3 is 2.54 bits per heavy atom. The van der Waals surface area contributed by atoms with E-state index in [4.69, 9.17) is 15.2 Å². The van der Waals surface area contributed by atoms with Crippen molar-refractivity contribution in [2.24, 2.45) is 16.6 Å². The third-order valence-corrected chi connectivity index (χ3v) is 10.2. The molecule has 13 nitrogen and oxygen atoms in total. The lowest BCUT2D eigenvalue weighted by molar-refractivity contribution is -0.124. The number of nitrogens with one attached hydrogen (secondary N) is 2. The number of carbonyl (C=O) groups excluding carboxylic acids is 4. The molecule has 0 aromatic carbocycles. The van der Waals surface area contributed by atoms with Crippen LogP contribution in [-0.2, 0) is 23.9 Å². The molecule has 0 radical (unpaired) electrons. The van der Waals surface area contributed by atoms with E-state index in [1.807, 2.05) is 13.8 Å². The minimum absolute atomic E-state index is 0.0157. The second-order valence-electron chi connectivity index (χ2n) is 10.7. The molecule has 216 valence electrons. The first-order valence-electron chi connectivity index (χ1n) is 13.1. The van der Waals surface area contributed by atoms with Crippen LogP contribution in [0.3, 0.4) is 0 Å². The highest BCUT2D eigenvalue weighted by Gasteiger charge is 2.59. The van der Waals surface area contributed by atoms with Gasteiger partial charge in [-0.3, -0.25) is 19.4 Å². The van der Waals surface area contributed by atoms with E-state index in [9.17, 15) is 33.9 Å². The molecule has 3 aliphatic heterocycles. The summed E-state index contributed by atoms with van der Waals surface area (Å²) in [5.74, 6) is -3.58. The van der Waals surface area contributed by atoms with Gasteiger partial charge >= 0.3 is 14.7 Å². The van der Waals surface area contributed by atoms with Gasteiger partial charge in [0.25, 0.3) is 5.91 Å². The number of aliphatic hydroxyl groups excluding tert-OH is 1. The van der Waals surface area contributed by atoms with Gasteiger partial charge < -0.3 is 40.5 Å². The maximum absolute atomic E-state index is 14.0. The van der Waals surface area contributed by atoms with Crippen molar-refractivity contribution >= 4 is 38.3 Å². The zero-order valence-electron chi connectivity index (χ0n) is 22.7. The quantitative estimate of drug-likeness (QED) is 0.113. The molecule has 1 saturated heterocycles. The highest BCUT2D eigenvalue weighted by Crippen LogP contribution is 2.43. The van der Waals surface area contributed by atoms with Crippen LogP contribution in [0.15, 0.2) is 28.1 Å². The highest BCUT2D eigenvalue weighted by molar-refractivity contribution is 6.67. The molecule has 3 heterocycles. The molecule has 7 N–H and O–H groups in total. The summed E-state index contributed by atoms with van der Waals surface area (Å²) in [4.78, 5) is 78.2. The monoisotopic (exact) mass is 566 g/mol. The molecule has 0 spiro atoms. The van der Waals surface area contributed by atoms with Crippen molar-refractivity contribution in [2.75, 3.05) is 13.2 Å². The van der Waals surface area contributed by atoms with Crippen LogP contribution < -0.4 is 16.4 Å². The Balaban J connectivity index is 1.86. The number of carbonyl (C=O) groups is 4. The molecule has 39 heavy (non-hydrogen) atoms. The van der Waals surface area contributed by atoms with Crippen LogP contribution in [0.5, 0.6) is 0 Å². The van der Waals surface area contributed by atoms with E-state index in [0.717, 1.165) is 6.21 Å². The summed E-state index contributed by atoms with van der Waals surface area (Å²) in [6.07, 6.45) is 2.11. The van der Waals surface area contributed by atoms with Crippen molar-refractivity contribution in [3.05, 3.63) is 23.1 Å². The number of Topliss-reactive ketones (excluding diaryl/α,β-unsaturated/α-hetero) is 2. The largest absolute Gasteiger partial charge is 0.502 e. The van der Waals surface area contributed by atoms with Gasteiger partial charge in [-0.05, 0) is 25.2 Å². The van der Waals surface area contributed by atoms with E-state index in [1.54, 1.807) is 13.8 Å². The van der Waals surface area contributed by atoms with Gasteiger partial charge in [0.05, 0.1) is 24.5 Å². The van der Waals surface area contributed by atoms with Crippen LogP contribution in [-0.4, -0.2) is 89.1 Å². The van der Waals surface area contributed by atoms with Crippen molar-refractivity contribution in [3.8, 4) is 0 Å². The Hall–Kier alpha value is -3.07. The average Bonchev–Trinajstić information content (AvgIpc) is 3.56. The molecule has 1 unspecified atom stereocenters. The molecular formula is C25H38N4O9Si. The molecule has 0 saturated carbocycles. The highest BCUT2D eigenvalue weighted by atomic mass is 28.4. The van der Waals surface area contributed by atoms with E-state index >= 15 is 0 Å². The fourth-order valence-electron chi connectivity index (χ4n) is 5.32. The van der Waals surface area contributed by atoms with Gasteiger partial charge in [0, 0.05) is 30.5 Å². The third kappa shape index (κ3) is 5.93. The van der Waals surface area contributed by atoms with Crippen LogP contribution in [0, 0.1) is 5.92 Å². The molecule has 0 bridgehead atoms. The summed E-state index contributed by atoms with van der Waals surface area (Å²) in [7, 11) is -4.33. The molecule has 3 rings (SSSR count). The van der Waals surface area contributed by atoms with E-state index in [0.29, 0.717) is 13.0 Å². The first-order valence-corrected chi connectivity index (χ1v) is 15.3. The number of hydrogen-bond donors (Lipinski definition) is 6. The first kappa shape index (κ1) is 30.5. The zero-order valence-corrected chi connectivity index (χ0v) is 23.7. The number of nitrogens with two attached hydrogens (primary N) is 1. The van der Waals surface area contributed by atoms with Crippen molar-refractivity contribution in [3.63, 3.8) is 0 Å². The molecule has 3 aliphatic rings. The van der Waals surface area contributed by atoms with Gasteiger partial charge in [-0.15, -0.1) is 0 Å². The van der Waals surface area contributed by atoms with Crippen LogP contribution in [0.1, 0.15) is 53.4 Å². The van der Waals surface area contributed by atoms with Gasteiger partial charge in [-0.1, -0.05) is 27.7 Å². The number of ether oxygens (including phenoxy) is 2. The Morgan fingerprint density at radius 2 is 2.00 bits per heavy atom. The summed E-state index contributed by atoms with van der Waals surface area (Å²) in [5, 5.41) is 15.6. The van der Waals surface area contributed by atoms with E-state index in [1.165, 1.54) is 6.20 Å². The first-order chi connectivity index (χ1) is 18.2. The van der Waals surface area contributed by atoms with Crippen LogP contribution in [0.2, 0.25) is 6.04 Å². The number of hydrogen-bond acceptors (Lipinski definition) is 11. The van der Waals surface area contributed by atoms with Gasteiger partial charge in [-0.25, -0.2) is 4.79 Å². The fourth-order valence-corrected chi connectivity index (χ4v) is 7.98. The van der Waals surface area contributed by atoms with Crippen molar-refractivity contribution in [2.45, 2.75) is 82.3 Å². The second-order valence-corrected chi connectivity index (χ2v) is 13.5. The Bertz CT molecular complexity index is 1110. The molecule has 0 aromatic rings. The van der Waals surface area contributed by atoms with Crippen molar-refractivity contribution in [1.29, 1.82) is 0 Å². The predicted octanol–water partition coefficient (Wildman–Crippen LogP) is 0.187. The lowest BCUT2D eigenvalue weighted by atomic mass is 9.75. The molecule has 2 amide bonds. The van der Waals surface area contributed by atoms with Crippen LogP contribution in [0.4, 0.5) is 4.79 Å². The molecule has 14 heteroatoms. The topological polar surface area (TPSA) is 210 Å². The Morgan fingerprint density at radius 1 is 1.31 bits per heavy atom. The number of aliphatic imine (C=N–C) groups is 1. The molecule has 1 fully saturated rings. The predicted molar refractivity (Wildman–Crippen MR) is 142 cm³/mol. The summed E-state index contributed by atoms with van der Waals surface area (Å²) in [6.45, 7) is 7.76. The third-order valence-electron chi connectivity index (χ3n) is 7.43. The smallest absolute Gasteiger partial charge is 0.407 e. The molecule has 4 atom stereocenters. The number of amides is 2. The van der Waals surface area contributed by atoms with E-state index in [-0.39, 0.29) is 42.9 Å². The number of alkyl carbamates (subject to hydrolysis) is 1. The molecule has 0 aromatic heterocycles. The van der Waals surface area contributed by atoms with Gasteiger partial charge in [0.2, 0.25) is 5.78 Å². The minimum atomic E-state index is -4.33. The summed E-state index contributed by atoms with van der Waals surface area (Å²) >= 11 is 0. The standard InChI is InChI=1S/C25H38N4O9Si/c1-5-18(29-23(34)38-15-7-8-37-12-15)39(35,36)13-24(6-2)21(32)17(11-27-24)25(9-14(3)4)20(31)16(10-28-25)19(30)22(26)33/h10-11,14-15,18,27,30,35-36H,5-9,12-13H2,1-4H3,(H2,26,33)(H,29,34)/t15?,18-,24+,25+/m1/s1. The average molecular weight is 567 g/mol. The van der Waals surface area contributed by atoms with Crippen LogP contribution in [0.25, 0.3) is 0 Å². The van der Waals surface area contributed by atoms with Crippen LogP contribution >= 0.6 is 0 Å². The number of nitrogens with zero attached hydrogens (tertiary/aromatic N) is 1. The maximum Gasteiger partial charge on any atom is 0.407 e.